The highest BCUT2D eigenvalue weighted by Gasteiger charge is 2.12. The Hall–Kier alpha value is -1.71. The number of hydrogen-bond acceptors (Lipinski definition) is 7. The van der Waals surface area contributed by atoms with E-state index in [9.17, 15) is 0 Å². The highest BCUT2D eigenvalue weighted by Crippen LogP contribution is 2.28. The van der Waals surface area contributed by atoms with Crippen LogP contribution in [0.2, 0.25) is 10.0 Å². The summed E-state index contributed by atoms with van der Waals surface area (Å²) in [5, 5.41) is 9.89. The second-order valence-electron chi connectivity index (χ2n) is 5.33. The minimum absolute atomic E-state index is 0.503. The van der Waals surface area contributed by atoms with Gasteiger partial charge in [0.25, 0.3) is 0 Å². The zero-order valence-electron chi connectivity index (χ0n) is 13.5. The molecule has 0 saturated heterocycles. The molecule has 0 aliphatic heterocycles. The van der Waals surface area contributed by atoms with Crippen molar-refractivity contribution in [2.75, 3.05) is 0 Å². The van der Waals surface area contributed by atoms with Crippen molar-refractivity contribution in [2.24, 2.45) is 0 Å². The predicted molar refractivity (Wildman–Crippen MR) is 112 cm³/mol. The van der Waals surface area contributed by atoms with E-state index in [-0.39, 0.29) is 0 Å². The third-order valence-electron chi connectivity index (χ3n) is 3.49. The van der Waals surface area contributed by atoms with Crippen molar-refractivity contribution in [1.29, 1.82) is 0 Å². The van der Waals surface area contributed by atoms with E-state index in [1.807, 2.05) is 36.4 Å². The van der Waals surface area contributed by atoms with Crippen LogP contribution in [-0.4, -0.2) is 19.9 Å². The quantitative estimate of drug-likeness (QED) is 0.261. The van der Waals surface area contributed by atoms with Gasteiger partial charge in [-0.1, -0.05) is 51.5 Å². The number of hydrogen-bond donors (Lipinski definition) is 0. The summed E-state index contributed by atoms with van der Waals surface area (Å²) in [6, 6.07) is 14.6. The molecule has 27 heavy (non-hydrogen) atoms. The molecule has 0 saturated carbocycles. The third-order valence-corrected chi connectivity index (χ3v) is 6.34. The molecule has 0 fully saturated rings. The van der Waals surface area contributed by atoms with Gasteiger partial charge < -0.3 is 4.52 Å². The number of halogens is 2. The molecule has 0 aliphatic carbocycles. The summed E-state index contributed by atoms with van der Waals surface area (Å²) in [6.45, 7) is 0. The molecule has 0 bridgehead atoms. The molecular formula is C17H10Cl2N4OS3. The summed E-state index contributed by atoms with van der Waals surface area (Å²) in [5.74, 6) is 1.55. The SMILES string of the molecule is S=c1sc(SCc2nc(-c3ccc(Cl)cc3)no2)nn1-c1ccc(Cl)cc1. The Morgan fingerprint density at radius 3 is 2.41 bits per heavy atom. The molecule has 4 rings (SSSR count). The van der Waals surface area contributed by atoms with Crippen LogP contribution in [0.15, 0.2) is 57.4 Å². The molecule has 5 nitrogen and oxygen atoms in total. The van der Waals surface area contributed by atoms with Gasteiger partial charge in [-0.25, -0.2) is 4.68 Å². The lowest BCUT2D eigenvalue weighted by atomic mass is 10.2. The minimum atomic E-state index is 0.503. The number of rotatable bonds is 5. The minimum Gasteiger partial charge on any atom is -0.338 e. The van der Waals surface area contributed by atoms with Crippen molar-refractivity contribution in [3.8, 4) is 17.1 Å². The van der Waals surface area contributed by atoms with Gasteiger partial charge in [0, 0.05) is 15.6 Å². The number of benzene rings is 2. The molecule has 0 atom stereocenters. The summed E-state index contributed by atoms with van der Waals surface area (Å²) in [5.41, 5.74) is 1.72. The molecular weight excluding hydrogens is 443 g/mol. The second kappa shape index (κ2) is 8.12. The predicted octanol–water partition coefficient (Wildman–Crippen LogP) is 6.31. The van der Waals surface area contributed by atoms with E-state index >= 15 is 0 Å². The zero-order valence-corrected chi connectivity index (χ0v) is 17.5. The first-order valence-electron chi connectivity index (χ1n) is 7.66. The highest BCUT2D eigenvalue weighted by molar-refractivity contribution is 8.00. The van der Waals surface area contributed by atoms with Crippen LogP contribution in [0.5, 0.6) is 0 Å². The molecule has 10 heteroatoms. The van der Waals surface area contributed by atoms with E-state index in [0.717, 1.165) is 15.6 Å². The second-order valence-corrected chi connectivity index (χ2v) is 9.05. The lowest BCUT2D eigenvalue weighted by Crippen LogP contribution is -1.95. The Labute approximate surface area is 177 Å². The molecule has 0 spiro atoms. The Bertz CT molecular complexity index is 1120. The maximum atomic E-state index is 5.93. The summed E-state index contributed by atoms with van der Waals surface area (Å²) in [6.07, 6.45) is 0. The Kier molecular flexibility index (Phi) is 5.60. The molecule has 136 valence electrons. The molecule has 0 aliphatic rings. The molecule has 0 unspecified atom stereocenters. The first-order valence-corrected chi connectivity index (χ1v) is 10.6. The normalized spacial score (nSPS) is 11.0. The average molecular weight is 453 g/mol. The fourth-order valence-electron chi connectivity index (χ4n) is 2.22. The lowest BCUT2D eigenvalue weighted by molar-refractivity contribution is 0.391. The van der Waals surface area contributed by atoms with E-state index in [1.165, 1.54) is 23.1 Å². The van der Waals surface area contributed by atoms with Gasteiger partial charge in [-0.05, 0) is 60.7 Å². The summed E-state index contributed by atoms with van der Waals surface area (Å²) < 4.78 is 8.51. The molecule has 2 aromatic carbocycles. The monoisotopic (exact) mass is 452 g/mol. The van der Waals surface area contributed by atoms with Gasteiger partial charge in [0.2, 0.25) is 11.7 Å². The van der Waals surface area contributed by atoms with Gasteiger partial charge in [-0.2, -0.15) is 4.98 Å². The lowest BCUT2D eigenvalue weighted by Gasteiger charge is -1.99. The number of aromatic nitrogens is 4. The Balaban J connectivity index is 1.46. The molecule has 0 radical (unpaired) electrons. The van der Waals surface area contributed by atoms with Crippen LogP contribution in [0.25, 0.3) is 17.1 Å². The first kappa shape index (κ1) is 18.6. The summed E-state index contributed by atoms with van der Waals surface area (Å²) in [4.78, 5) is 4.41. The van der Waals surface area contributed by atoms with E-state index in [0.29, 0.717) is 31.5 Å². The van der Waals surface area contributed by atoms with Crippen molar-refractivity contribution >= 4 is 58.5 Å². The van der Waals surface area contributed by atoms with Crippen molar-refractivity contribution in [3.05, 3.63) is 68.4 Å². The van der Waals surface area contributed by atoms with Gasteiger partial charge >= 0.3 is 0 Å². The van der Waals surface area contributed by atoms with Gasteiger partial charge in [0.1, 0.15) is 0 Å². The van der Waals surface area contributed by atoms with Crippen LogP contribution in [0, 0.1) is 3.95 Å². The number of thioether (sulfide) groups is 1. The van der Waals surface area contributed by atoms with E-state index < -0.39 is 0 Å². The fourth-order valence-corrected chi connectivity index (χ4v) is 4.67. The Morgan fingerprint density at radius 2 is 1.70 bits per heavy atom. The summed E-state index contributed by atoms with van der Waals surface area (Å²) in [7, 11) is 0. The van der Waals surface area contributed by atoms with E-state index in [1.54, 1.807) is 16.8 Å². The number of nitrogens with zero attached hydrogens (tertiary/aromatic N) is 4. The zero-order chi connectivity index (χ0) is 18.8. The van der Waals surface area contributed by atoms with Gasteiger partial charge in [0.05, 0.1) is 11.4 Å². The van der Waals surface area contributed by atoms with Crippen molar-refractivity contribution in [1.82, 2.24) is 19.9 Å². The fraction of sp³-hybridized carbons (Fsp3) is 0.0588. The summed E-state index contributed by atoms with van der Waals surface area (Å²) >= 11 is 20.2. The molecule has 4 aromatic rings. The van der Waals surface area contributed by atoms with Gasteiger partial charge in [-0.3, -0.25) is 0 Å². The van der Waals surface area contributed by atoms with Crippen LogP contribution >= 0.6 is 58.5 Å². The van der Waals surface area contributed by atoms with Crippen LogP contribution in [-0.2, 0) is 5.75 Å². The standard InChI is InChI=1S/C17H10Cl2N4OS3/c18-11-3-1-10(2-4-11)15-20-14(24-22-15)9-26-16-21-23(17(25)27-16)13-7-5-12(19)6-8-13/h1-8H,9H2. The average Bonchev–Trinajstić information content (AvgIpc) is 3.28. The topological polar surface area (TPSA) is 56.7 Å². The smallest absolute Gasteiger partial charge is 0.237 e. The molecule has 0 N–H and O–H groups in total. The maximum Gasteiger partial charge on any atom is 0.237 e. The van der Waals surface area contributed by atoms with Crippen molar-refractivity contribution in [3.63, 3.8) is 0 Å². The largest absolute Gasteiger partial charge is 0.338 e. The highest BCUT2D eigenvalue weighted by atomic mass is 35.5. The third kappa shape index (κ3) is 4.41. The van der Waals surface area contributed by atoms with Crippen molar-refractivity contribution in [2.45, 2.75) is 10.1 Å². The van der Waals surface area contributed by atoms with Crippen LogP contribution < -0.4 is 0 Å². The molecule has 0 amide bonds. The van der Waals surface area contributed by atoms with E-state index in [4.69, 9.17) is 39.9 Å². The van der Waals surface area contributed by atoms with Crippen LogP contribution in [0.4, 0.5) is 0 Å². The van der Waals surface area contributed by atoms with Gasteiger partial charge in [0.15, 0.2) is 8.29 Å². The van der Waals surface area contributed by atoms with Crippen molar-refractivity contribution < 1.29 is 4.52 Å². The van der Waals surface area contributed by atoms with Crippen LogP contribution in [0.1, 0.15) is 5.89 Å². The first-order chi connectivity index (χ1) is 13.1. The van der Waals surface area contributed by atoms with Crippen LogP contribution in [0.3, 0.4) is 0 Å². The molecule has 2 aromatic heterocycles. The Morgan fingerprint density at radius 1 is 1.04 bits per heavy atom. The molecule has 2 heterocycles. The van der Waals surface area contributed by atoms with Gasteiger partial charge in [-0.15, -0.1) is 5.10 Å². The maximum absolute atomic E-state index is 5.93. The van der Waals surface area contributed by atoms with E-state index in [2.05, 4.69) is 15.2 Å².